The highest BCUT2D eigenvalue weighted by molar-refractivity contribution is 6.01. The molecule has 0 unspecified atom stereocenters. The van der Waals surface area contributed by atoms with Crippen molar-refractivity contribution < 1.29 is 14.3 Å². The molecule has 0 aliphatic carbocycles. The van der Waals surface area contributed by atoms with E-state index in [1.54, 1.807) is 41.2 Å². The standard InChI is InChI=1S/C27H24N4O3/c1-19(26(32)30-16-8-11-20-9-5-6-14-24(20)30)34-27(33)23-18-31(22-12-3-2-4-13-22)29-25(23)21-10-7-15-28-17-21/h2-7,9-10,12-15,17-19H,8,11,16H2,1H3/t19-/m1/s1. The lowest BCUT2D eigenvalue weighted by Gasteiger charge is -2.31. The lowest BCUT2D eigenvalue weighted by molar-refractivity contribution is -0.126. The monoisotopic (exact) mass is 452 g/mol. The molecule has 5 rings (SSSR count). The Hall–Kier alpha value is -4.26. The largest absolute Gasteiger partial charge is 0.449 e. The predicted octanol–water partition coefficient (Wildman–Crippen LogP) is 4.46. The number of pyridine rings is 1. The number of hydrogen-bond donors (Lipinski definition) is 0. The average Bonchev–Trinajstić information content (AvgIpc) is 3.35. The molecule has 34 heavy (non-hydrogen) atoms. The van der Waals surface area contributed by atoms with Crippen LogP contribution in [0, 0.1) is 0 Å². The van der Waals surface area contributed by atoms with E-state index in [-0.39, 0.29) is 11.5 Å². The lowest BCUT2D eigenvalue weighted by Crippen LogP contribution is -2.42. The molecule has 1 atom stereocenters. The lowest BCUT2D eigenvalue weighted by atomic mass is 10.0. The summed E-state index contributed by atoms with van der Waals surface area (Å²) in [6.07, 6.45) is 5.80. The summed E-state index contributed by atoms with van der Waals surface area (Å²) in [5, 5.41) is 4.62. The Morgan fingerprint density at radius 3 is 2.59 bits per heavy atom. The zero-order valence-corrected chi connectivity index (χ0v) is 18.8. The van der Waals surface area contributed by atoms with E-state index >= 15 is 0 Å². The highest BCUT2D eigenvalue weighted by atomic mass is 16.5. The maximum atomic E-state index is 13.3. The van der Waals surface area contributed by atoms with Gasteiger partial charge >= 0.3 is 5.97 Å². The molecular formula is C27H24N4O3. The number of para-hydroxylation sites is 2. The van der Waals surface area contributed by atoms with Gasteiger partial charge in [-0.15, -0.1) is 0 Å². The molecule has 1 aliphatic heterocycles. The van der Waals surface area contributed by atoms with Crippen LogP contribution in [0.15, 0.2) is 85.3 Å². The van der Waals surface area contributed by atoms with Crippen molar-refractivity contribution in [3.63, 3.8) is 0 Å². The molecule has 170 valence electrons. The van der Waals surface area contributed by atoms with Gasteiger partial charge in [-0.3, -0.25) is 9.78 Å². The molecular weight excluding hydrogens is 428 g/mol. The van der Waals surface area contributed by atoms with E-state index in [2.05, 4.69) is 10.1 Å². The molecule has 0 N–H and O–H groups in total. The van der Waals surface area contributed by atoms with Gasteiger partial charge in [0.05, 0.1) is 5.69 Å². The average molecular weight is 453 g/mol. The number of nitrogens with zero attached hydrogens (tertiary/aromatic N) is 4. The molecule has 0 radical (unpaired) electrons. The molecule has 4 aromatic rings. The SMILES string of the molecule is C[C@@H](OC(=O)c1cn(-c2ccccc2)nc1-c1cccnc1)C(=O)N1CCCc2ccccc21. The molecule has 2 aromatic heterocycles. The van der Waals surface area contributed by atoms with Crippen LogP contribution in [0.25, 0.3) is 16.9 Å². The fraction of sp³-hybridized carbons (Fsp3) is 0.185. The van der Waals surface area contributed by atoms with Crippen LogP contribution in [0.4, 0.5) is 5.69 Å². The number of rotatable bonds is 5. The Morgan fingerprint density at radius 1 is 1.00 bits per heavy atom. The minimum Gasteiger partial charge on any atom is -0.449 e. The fourth-order valence-electron chi connectivity index (χ4n) is 4.21. The van der Waals surface area contributed by atoms with Crippen LogP contribution in [0.3, 0.4) is 0 Å². The van der Waals surface area contributed by atoms with Gasteiger partial charge in [0.1, 0.15) is 11.3 Å². The molecule has 0 spiro atoms. The Bertz CT molecular complexity index is 1320. The number of benzene rings is 2. The predicted molar refractivity (Wildman–Crippen MR) is 129 cm³/mol. The molecule has 1 amide bonds. The quantitative estimate of drug-likeness (QED) is 0.418. The molecule has 1 aliphatic rings. The number of ether oxygens (including phenoxy) is 1. The van der Waals surface area contributed by atoms with E-state index in [9.17, 15) is 9.59 Å². The third-order valence-electron chi connectivity index (χ3n) is 5.90. The van der Waals surface area contributed by atoms with Gasteiger partial charge in [0.2, 0.25) is 0 Å². The van der Waals surface area contributed by atoms with E-state index in [0.717, 1.165) is 29.8 Å². The van der Waals surface area contributed by atoms with Crippen LogP contribution in [-0.2, 0) is 16.0 Å². The first kappa shape index (κ1) is 21.6. The molecule has 2 aromatic carbocycles. The van der Waals surface area contributed by atoms with Gasteiger partial charge in [0.25, 0.3) is 5.91 Å². The minimum atomic E-state index is -0.944. The molecule has 3 heterocycles. The number of hydrogen-bond acceptors (Lipinski definition) is 5. The summed E-state index contributed by atoms with van der Waals surface area (Å²) in [7, 11) is 0. The van der Waals surface area contributed by atoms with Gasteiger partial charge in [-0.1, -0.05) is 36.4 Å². The number of fused-ring (bicyclic) bond motifs is 1. The number of anilines is 1. The van der Waals surface area contributed by atoms with E-state index in [4.69, 9.17) is 4.74 Å². The van der Waals surface area contributed by atoms with E-state index in [1.165, 1.54) is 0 Å². The number of amides is 1. The first-order valence-corrected chi connectivity index (χ1v) is 11.3. The van der Waals surface area contributed by atoms with Crippen molar-refractivity contribution in [1.82, 2.24) is 14.8 Å². The van der Waals surface area contributed by atoms with E-state index < -0.39 is 12.1 Å². The summed E-state index contributed by atoms with van der Waals surface area (Å²) in [5.74, 6) is -0.842. The summed E-state index contributed by atoms with van der Waals surface area (Å²) in [6.45, 7) is 2.22. The Labute approximate surface area is 197 Å². The van der Waals surface area contributed by atoms with Gasteiger partial charge in [-0.25, -0.2) is 9.48 Å². The Balaban J connectivity index is 1.42. The smallest absolute Gasteiger partial charge is 0.342 e. The van der Waals surface area contributed by atoms with Gasteiger partial charge in [-0.2, -0.15) is 5.10 Å². The highest BCUT2D eigenvalue weighted by Gasteiger charge is 2.30. The van der Waals surface area contributed by atoms with Crippen LogP contribution >= 0.6 is 0 Å². The van der Waals surface area contributed by atoms with Crippen molar-refractivity contribution >= 4 is 17.6 Å². The first-order valence-electron chi connectivity index (χ1n) is 11.3. The van der Waals surface area contributed by atoms with Crippen LogP contribution < -0.4 is 4.90 Å². The second-order valence-corrected chi connectivity index (χ2v) is 8.18. The number of aromatic nitrogens is 3. The molecule has 0 saturated carbocycles. The van der Waals surface area contributed by atoms with Gasteiger partial charge < -0.3 is 9.64 Å². The topological polar surface area (TPSA) is 77.3 Å². The van der Waals surface area contributed by atoms with E-state index in [0.29, 0.717) is 17.8 Å². The maximum absolute atomic E-state index is 13.3. The van der Waals surface area contributed by atoms with Crippen molar-refractivity contribution in [1.29, 1.82) is 0 Å². The third kappa shape index (κ3) is 4.20. The van der Waals surface area contributed by atoms with Gasteiger partial charge in [0.15, 0.2) is 6.10 Å². The maximum Gasteiger partial charge on any atom is 0.342 e. The summed E-state index contributed by atoms with van der Waals surface area (Å²) in [6, 6.07) is 21.0. The minimum absolute atomic E-state index is 0.237. The molecule has 0 saturated heterocycles. The van der Waals surface area contributed by atoms with Crippen LogP contribution in [0.1, 0.15) is 29.3 Å². The van der Waals surface area contributed by atoms with Gasteiger partial charge in [-0.05, 0) is 55.7 Å². The third-order valence-corrected chi connectivity index (χ3v) is 5.90. The zero-order valence-electron chi connectivity index (χ0n) is 18.8. The molecule has 0 bridgehead atoms. The number of esters is 1. The van der Waals surface area contributed by atoms with Crippen LogP contribution in [0.5, 0.6) is 0 Å². The summed E-state index contributed by atoms with van der Waals surface area (Å²) >= 11 is 0. The normalized spacial score (nSPS) is 13.7. The Kier molecular flexibility index (Phi) is 5.91. The highest BCUT2D eigenvalue weighted by Crippen LogP contribution is 2.28. The summed E-state index contributed by atoms with van der Waals surface area (Å²) in [5.41, 5.74) is 4.23. The molecule has 7 nitrogen and oxygen atoms in total. The zero-order chi connectivity index (χ0) is 23.5. The summed E-state index contributed by atoms with van der Waals surface area (Å²) in [4.78, 5) is 32.4. The summed E-state index contributed by atoms with van der Waals surface area (Å²) < 4.78 is 7.31. The second-order valence-electron chi connectivity index (χ2n) is 8.18. The van der Waals surface area contributed by atoms with Crippen molar-refractivity contribution in [2.45, 2.75) is 25.9 Å². The first-order chi connectivity index (χ1) is 16.6. The number of carbonyl (C=O) groups is 2. The van der Waals surface area contributed by atoms with Crippen molar-refractivity contribution in [3.8, 4) is 16.9 Å². The molecule has 7 heteroatoms. The van der Waals surface area contributed by atoms with Crippen LogP contribution in [0.2, 0.25) is 0 Å². The van der Waals surface area contributed by atoms with Crippen molar-refractivity contribution in [2.24, 2.45) is 0 Å². The van der Waals surface area contributed by atoms with Gasteiger partial charge in [0, 0.05) is 36.4 Å². The number of carbonyl (C=O) groups excluding carboxylic acids is 2. The van der Waals surface area contributed by atoms with Crippen LogP contribution in [-0.4, -0.2) is 39.3 Å². The molecule has 0 fully saturated rings. The van der Waals surface area contributed by atoms with E-state index in [1.807, 2.05) is 60.7 Å². The number of aryl methyl sites for hydroxylation is 1. The van der Waals surface area contributed by atoms with Crippen molar-refractivity contribution in [2.75, 3.05) is 11.4 Å². The Morgan fingerprint density at radius 2 is 1.79 bits per heavy atom. The fourth-order valence-corrected chi connectivity index (χ4v) is 4.21. The second kappa shape index (κ2) is 9.31. The van der Waals surface area contributed by atoms with Crippen molar-refractivity contribution in [3.05, 3.63) is 96.4 Å².